The number of nitrogens with zero attached hydrogens (tertiary/aromatic N) is 2. The van der Waals surface area contributed by atoms with E-state index in [0.29, 0.717) is 13.2 Å². The lowest BCUT2D eigenvalue weighted by Crippen LogP contribution is -2.15. The molecule has 2 heterocycles. The molecule has 22 heavy (non-hydrogen) atoms. The summed E-state index contributed by atoms with van der Waals surface area (Å²) in [5.41, 5.74) is 3.25. The van der Waals surface area contributed by atoms with E-state index in [0.717, 1.165) is 53.7 Å². The van der Waals surface area contributed by atoms with Crippen LogP contribution >= 0.6 is 0 Å². The van der Waals surface area contributed by atoms with Crippen molar-refractivity contribution < 1.29 is 9.47 Å². The number of nitrogens with one attached hydrogen (secondary N) is 1. The number of hydrogen-bond donors (Lipinski definition) is 1. The van der Waals surface area contributed by atoms with Gasteiger partial charge in [0.15, 0.2) is 11.5 Å². The summed E-state index contributed by atoms with van der Waals surface area (Å²) < 4.78 is 11.5. The quantitative estimate of drug-likeness (QED) is 0.940. The molecule has 1 aliphatic rings. The Balaban J connectivity index is 1.67. The van der Waals surface area contributed by atoms with Crippen molar-refractivity contribution >= 4 is 0 Å². The molecule has 5 nitrogen and oxygen atoms in total. The van der Waals surface area contributed by atoms with E-state index in [2.05, 4.69) is 21.4 Å². The predicted molar refractivity (Wildman–Crippen MR) is 84.1 cm³/mol. The van der Waals surface area contributed by atoms with Crippen LogP contribution in [-0.4, -0.2) is 23.2 Å². The van der Waals surface area contributed by atoms with Crippen LogP contribution in [0, 0.1) is 13.8 Å². The van der Waals surface area contributed by atoms with Crippen LogP contribution in [0.25, 0.3) is 0 Å². The van der Waals surface area contributed by atoms with Gasteiger partial charge in [-0.05, 0) is 19.9 Å². The summed E-state index contributed by atoms with van der Waals surface area (Å²) in [6.07, 6.45) is 2.80. The van der Waals surface area contributed by atoms with Gasteiger partial charge in [-0.15, -0.1) is 0 Å². The fraction of sp³-hybridized carbons (Fsp3) is 0.412. The van der Waals surface area contributed by atoms with Gasteiger partial charge in [0.05, 0.1) is 13.2 Å². The highest BCUT2D eigenvalue weighted by Gasteiger charge is 2.14. The van der Waals surface area contributed by atoms with Crippen molar-refractivity contribution in [3.05, 3.63) is 47.0 Å². The van der Waals surface area contributed by atoms with Crippen LogP contribution in [0.3, 0.4) is 0 Å². The molecule has 1 aliphatic heterocycles. The van der Waals surface area contributed by atoms with Crippen molar-refractivity contribution in [2.75, 3.05) is 13.2 Å². The number of aryl methyl sites for hydroxylation is 2. The lowest BCUT2D eigenvalue weighted by Gasteiger charge is -2.13. The van der Waals surface area contributed by atoms with Crippen molar-refractivity contribution in [1.82, 2.24) is 15.3 Å². The van der Waals surface area contributed by atoms with Crippen LogP contribution in [0.1, 0.15) is 29.1 Å². The van der Waals surface area contributed by atoms with Crippen molar-refractivity contribution in [2.24, 2.45) is 0 Å². The molecule has 3 rings (SSSR count). The number of benzene rings is 1. The minimum Gasteiger partial charge on any atom is -0.490 e. The minimum atomic E-state index is 0.703. The predicted octanol–water partition coefficient (Wildman–Crippen LogP) is 2.54. The van der Waals surface area contributed by atoms with Crippen molar-refractivity contribution in [1.29, 1.82) is 0 Å². The Kier molecular flexibility index (Phi) is 4.53. The largest absolute Gasteiger partial charge is 0.490 e. The normalized spacial score (nSPS) is 13.7. The first-order chi connectivity index (χ1) is 10.7. The maximum Gasteiger partial charge on any atom is 0.165 e. The monoisotopic (exact) mass is 299 g/mol. The van der Waals surface area contributed by atoms with Crippen LogP contribution in [0.5, 0.6) is 11.5 Å². The lowest BCUT2D eigenvalue weighted by atomic mass is 10.1. The molecule has 2 aromatic rings. The topological polar surface area (TPSA) is 56.3 Å². The summed E-state index contributed by atoms with van der Waals surface area (Å²) >= 11 is 0. The average molecular weight is 299 g/mol. The highest BCUT2D eigenvalue weighted by Crippen LogP contribution is 2.33. The number of para-hydroxylation sites is 1. The maximum atomic E-state index is 5.83. The van der Waals surface area contributed by atoms with E-state index in [-0.39, 0.29) is 0 Å². The Morgan fingerprint density at radius 1 is 1.09 bits per heavy atom. The molecule has 0 saturated heterocycles. The second-order valence-corrected chi connectivity index (χ2v) is 5.43. The van der Waals surface area contributed by atoms with Gasteiger partial charge in [0, 0.05) is 42.5 Å². The Morgan fingerprint density at radius 3 is 2.77 bits per heavy atom. The first-order valence-corrected chi connectivity index (χ1v) is 7.61. The van der Waals surface area contributed by atoms with Gasteiger partial charge in [0.1, 0.15) is 5.82 Å². The Labute approximate surface area is 130 Å². The van der Waals surface area contributed by atoms with E-state index in [4.69, 9.17) is 9.47 Å². The molecule has 0 spiro atoms. The van der Waals surface area contributed by atoms with Crippen LogP contribution in [0.4, 0.5) is 0 Å². The summed E-state index contributed by atoms with van der Waals surface area (Å²) in [5, 5.41) is 3.43. The van der Waals surface area contributed by atoms with E-state index in [1.54, 1.807) is 0 Å². The molecule has 0 unspecified atom stereocenters. The van der Waals surface area contributed by atoms with Crippen molar-refractivity contribution in [2.45, 2.75) is 33.4 Å². The van der Waals surface area contributed by atoms with Crippen LogP contribution < -0.4 is 14.8 Å². The van der Waals surface area contributed by atoms with E-state index < -0.39 is 0 Å². The smallest absolute Gasteiger partial charge is 0.165 e. The molecule has 116 valence electrons. The SMILES string of the molecule is Cc1ncc(CNCc2cccc3c2OCCCO3)c(C)n1. The lowest BCUT2D eigenvalue weighted by molar-refractivity contribution is 0.296. The van der Waals surface area contributed by atoms with E-state index in [1.807, 2.05) is 32.2 Å². The molecular formula is C17H21N3O2. The number of ether oxygens (including phenoxy) is 2. The van der Waals surface area contributed by atoms with Gasteiger partial charge in [0.25, 0.3) is 0 Å². The number of aromatic nitrogens is 2. The van der Waals surface area contributed by atoms with Crippen LogP contribution in [-0.2, 0) is 13.1 Å². The molecule has 1 aromatic carbocycles. The molecule has 0 amide bonds. The van der Waals surface area contributed by atoms with Gasteiger partial charge in [-0.25, -0.2) is 9.97 Å². The Morgan fingerprint density at radius 2 is 1.91 bits per heavy atom. The molecule has 0 radical (unpaired) electrons. The molecule has 1 aromatic heterocycles. The molecule has 0 atom stereocenters. The Bertz CT molecular complexity index is 658. The molecule has 1 N–H and O–H groups in total. The zero-order valence-corrected chi connectivity index (χ0v) is 13.1. The molecule has 0 aliphatic carbocycles. The third-order valence-electron chi connectivity index (χ3n) is 3.69. The standard InChI is InChI=1S/C17H21N3O2/c1-12-15(11-19-13(2)20-12)10-18-9-14-5-3-6-16-17(14)22-8-4-7-21-16/h3,5-6,11,18H,4,7-10H2,1-2H3. The van der Waals surface area contributed by atoms with Crippen LogP contribution in [0.15, 0.2) is 24.4 Å². The third kappa shape index (κ3) is 3.36. The fourth-order valence-corrected chi connectivity index (χ4v) is 2.51. The molecular weight excluding hydrogens is 278 g/mol. The first kappa shape index (κ1) is 14.8. The second kappa shape index (κ2) is 6.75. The van der Waals surface area contributed by atoms with Gasteiger partial charge in [0.2, 0.25) is 0 Å². The van der Waals surface area contributed by atoms with Gasteiger partial charge in [-0.2, -0.15) is 0 Å². The second-order valence-electron chi connectivity index (χ2n) is 5.43. The first-order valence-electron chi connectivity index (χ1n) is 7.61. The van der Waals surface area contributed by atoms with E-state index in [1.165, 1.54) is 0 Å². The molecule has 5 heteroatoms. The summed E-state index contributed by atoms with van der Waals surface area (Å²) in [6.45, 7) is 6.78. The van der Waals surface area contributed by atoms with Crippen molar-refractivity contribution in [3.63, 3.8) is 0 Å². The van der Waals surface area contributed by atoms with Gasteiger partial charge in [-0.3, -0.25) is 0 Å². The number of fused-ring (bicyclic) bond motifs is 1. The molecule has 0 bridgehead atoms. The van der Waals surface area contributed by atoms with E-state index in [9.17, 15) is 0 Å². The Hall–Kier alpha value is -2.14. The molecule has 0 saturated carbocycles. The highest BCUT2D eigenvalue weighted by atomic mass is 16.5. The average Bonchev–Trinajstić information content (AvgIpc) is 2.75. The minimum absolute atomic E-state index is 0.703. The van der Waals surface area contributed by atoms with Crippen LogP contribution in [0.2, 0.25) is 0 Å². The fourth-order valence-electron chi connectivity index (χ4n) is 2.51. The third-order valence-corrected chi connectivity index (χ3v) is 3.69. The van der Waals surface area contributed by atoms with Gasteiger partial charge >= 0.3 is 0 Å². The van der Waals surface area contributed by atoms with E-state index >= 15 is 0 Å². The van der Waals surface area contributed by atoms with Crippen molar-refractivity contribution in [3.8, 4) is 11.5 Å². The van der Waals surface area contributed by atoms with Gasteiger partial charge in [-0.1, -0.05) is 12.1 Å². The van der Waals surface area contributed by atoms with Gasteiger partial charge < -0.3 is 14.8 Å². The summed E-state index contributed by atoms with van der Waals surface area (Å²) in [4.78, 5) is 8.64. The molecule has 0 fully saturated rings. The summed E-state index contributed by atoms with van der Waals surface area (Å²) in [7, 11) is 0. The summed E-state index contributed by atoms with van der Waals surface area (Å²) in [5.74, 6) is 2.51. The number of hydrogen-bond acceptors (Lipinski definition) is 5. The zero-order chi connectivity index (χ0) is 15.4. The number of rotatable bonds is 4. The zero-order valence-electron chi connectivity index (χ0n) is 13.1. The highest BCUT2D eigenvalue weighted by molar-refractivity contribution is 5.47. The summed E-state index contributed by atoms with van der Waals surface area (Å²) in [6, 6.07) is 6.03. The maximum absolute atomic E-state index is 5.83.